The van der Waals surface area contributed by atoms with Crippen LogP contribution in [0.2, 0.25) is 0 Å². The van der Waals surface area contributed by atoms with Crippen molar-refractivity contribution >= 4 is 11.3 Å². The molecule has 2 heterocycles. The summed E-state index contributed by atoms with van der Waals surface area (Å²) in [5.41, 5.74) is -0.347. The molecule has 0 aromatic carbocycles. The Kier molecular flexibility index (Phi) is 5.24. The number of halogens is 3. The molecule has 0 saturated heterocycles. The molecule has 2 aromatic rings. The Morgan fingerprint density at radius 2 is 2.05 bits per heavy atom. The van der Waals surface area contributed by atoms with Crippen LogP contribution in [0.4, 0.5) is 13.2 Å². The highest BCUT2D eigenvalue weighted by Crippen LogP contribution is 2.30. The third kappa shape index (κ3) is 4.47. The lowest BCUT2D eigenvalue weighted by atomic mass is 10.2. The van der Waals surface area contributed by atoms with Gasteiger partial charge in [0.25, 0.3) is 0 Å². The van der Waals surface area contributed by atoms with Crippen molar-refractivity contribution in [1.82, 2.24) is 20.5 Å². The van der Waals surface area contributed by atoms with E-state index in [0.717, 1.165) is 43.2 Å². The van der Waals surface area contributed by atoms with Gasteiger partial charge in [-0.25, -0.2) is 0 Å². The molecular weight excluding hydrogens is 301 g/mol. The Hall–Kier alpha value is -1.54. The second kappa shape index (κ2) is 6.95. The number of aromatic nitrogens is 3. The maximum Gasteiger partial charge on any atom is 0.417 e. The predicted molar refractivity (Wildman–Crippen MR) is 75.0 cm³/mol. The molecule has 0 radical (unpaired) electrons. The van der Waals surface area contributed by atoms with Gasteiger partial charge in [0.2, 0.25) is 0 Å². The van der Waals surface area contributed by atoms with Gasteiger partial charge < -0.3 is 5.32 Å². The predicted octanol–water partition coefficient (Wildman–Crippen LogP) is 3.16. The lowest BCUT2D eigenvalue weighted by molar-refractivity contribution is -0.137. The third-order valence-electron chi connectivity index (χ3n) is 2.77. The van der Waals surface area contributed by atoms with Gasteiger partial charge in [-0.2, -0.15) is 13.2 Å². The molecule has 114 valence electrons. The maximum absolute atomic E-state index is 12.5. The molecule has 0 spiro atoms. The fraction of sp³-hybridized carbons (Fsp3) is 0.462. The van der Waals surface area contributed by atoms with Gasteiger partial charge in [-0.1, -0.05) is 18.3 Å². The van der Waals surface area contributed by atoms with Crippen LogP contribution >= 0.6 is 11.3 Å². The minimum absolute atomic E-state index is 0.415. The van der Waals surface area contributed by atoms with Crippen LogP contribution in [0, 0.1) is 0 Å². The molecule has 8 heteroatoms. The van der Waals surface area contributed by atoms with E-state index in [2.05, 4.69) is 20.5 Å². The first-order valence-electron chi connectivity index (χ1n) is 6.57. The number of nitrogens with one attached hydrogen (secondary N) is 1. The molecule has 0 aliphatic carbocycles. The molecule has 0 atom stereocenters. The zero-order valence-electron chi connectivity index (χ0n) is 11.4. The molecule has 0 aliphatic heterocycles. The number of nitrogens with zero attached hydrogens (tertiary/aromatic N) is 3. The summed E-state index contributed by atoms with van der Waals surface area (Å²) in [7, 11) is 0. The van der Waals surface area contributed by atoms with Gasteiger partial charge in [-0.05, 0) is 31.6 Å². The van der Waals surface area contributed by atoms with Gasteiger partial charge in [0, 0.05) is 12.6 Å². The monoisotopic (exact) mass is 316 g/mol. The van der Waals surface area contributed by atoms with Crippen LogP contribution in [0.1, 0.15) is 23.9 Å². The highest BCUT2D eigenvalue weighted by atomic mass is 32.1. The number of aryl methyl sites for hydroxylation is 1. The molecule has 0 amide bonds. The van der Waals surface area contributed by atoms with Crippen LogP contribution in [0.15, 0.2) is 18.3 Å². The van der Waals surface area contributed by atoms with E-state index in [9.17, 15) is 13.2 Å². The minimum atomic E-state index is -4.37. The van der Waals surface area contributed by atoms with Gasteiger partial charge in [-0.15, -0.1) is 10.2 Å². The number of hydrogen-bond acceptors (Lipinski definition) is 5. The molecule has 2 rings (SSSR count). The SMILES string of the molecule is CCNCCCc1nnc(-c2ccc(C(F)(F)F)cn2)s1. The topological polar surface area (TPSA) is 50.7 Å². The largest absolute Gasteiger partial charge is 0.417 e. The molecule has 1 N–H and O–H groups in total. The Morgan fingerprint density at radius 3 is 2.67 bits per heavy atom. The van der Waals surface area contributed by atoms with Crippen LogP contribution in [-0.4, -0.2) is 28.3 Å². The molecule has 0 aliphatic rings. The Bertz CT molecular complexity index is 566. The summed E-state index contributed by atoms with van der Waals surface area (Å²) in [5, 5.41) is 12.6. The second-order valence-corrected chi connectivity index (χ2v) is 5.45. The Morgan fingerprint density at radius 1 is 1.24 bits per heavy atom. The lowest BCUT2D eigenvalue weighted by Crippen LogP contribution is -2.14. The van der Waals surface area contributed by atoms with E-state index < -0.39 is 11.7 Å². The summed E-state index contributed by atoms with van der Waals surface area (Å²) < 4.78 is 37.4. The summed E-state index contributed by atoms with van der Waals surface area (Å²) in [6.45, 7) is 3.88. The smallest absolute Gasteiger partial charge is 0.317 e. The van der Waals surface area contributed by atoms with E-state index in [0.29, 0.717) is 10.7 Å². The molecule has 0 fully saturated rings. The van der Waals surface area contributed by atoms with E-state index in [1.807, 2.05) is 6.92 Å². The van der Waals surface area contributed by atoms with Crippen molar-refractivity contribution < 1.29 is 13.2 Å². The Labute approximate surface area is 124 Å². The lowest BCUT2D eigenvalue weighted by Gasteiger charge is -2.05. The van der Waals surface area contributed by atoms with Crippen molar-refractivity contribution in [3.05, 3.63) is 28.9 Å². The Balaban J connectivity index is 2.00. The van der Waals surface area contributed by atoms with Crippen LogP contribution < -0.4 is 5.32 Å². The van der Waals surface area contributed by atoms with Gasteiger partial charge >= 0.3 is 6.18 Å². The number of rotatable bonds is 6. The van der Waals surface area contributed by atoms with Crippen molar-refractivity contribution in [3.8, 4) is 10.7 Å². The van der Waals surface area contributed by atoms with E-state index >= 15 is 0 Å². The molecule has 0 bridgehead atoms. The third-order valence-corrected chi connectivity index (χ3v) is 3.78. The summed E-state index contributed by atoms with van der Waals surface area (Å²) in [6.07, 6.45) is -1.81. The van der Waals surface area contributed by atoms with Crippen LogP contribution in [0.3, 0.4) is 0 Å². The maximum atomic E-state index is 12.5. The summed E-state index contributed by atoms with van der Waals surface area (Å²) in [5.74, 6) is 0. The molecule has 0 unspecified atom stereocenters. The first-order valence-corrected chi connectivity index (χ1v) is 7.39. The zero-order valence-corrected chi connectivity index (χ0v) is 12.3. The first-order chi connectivity index (χ1) is 10.0. The first kappa shape index (κ1) is 15.8. The van der Waals surface area contributed by atoms with Crippen molar-refractivity contribution in [2.45, 2.75) is 25.9 Å². The van der Waals surface area contributed by atoms with Gasteiger partial charge in [0.15, 0.2) is 5.01 Å². The van der Waals surface area contributed by atoms with Crippen LogP contribution in [0.5, 0.6) is 0 Å². The van der Waals surface area contributed by atoms with E-state index in [4.69, 9.17) is 0 Å². The normalized spacial score (nSPS) is 11.8. The standard InChI is InChI=1S/C13H15F3N4S/c1-2-17-7-3-4-11-19-20-12(21-11)10-6-5-9(8-18-10)13(14,15)16/h5-6,8,17H,2-4,7H2,1H3. The van der Waals surface area contributed by atoms with Gasteiger partial charge in [0.1, 0.15) is 10.7 Å². The molecule has 4 nitrogen and oxygen atoms in total. The highest BCUT2D eigenvalue weighted by molar-refractivity contribution is 7.14. The number of hydrogen-bond donors (Lipinski definition) is 1. The summed E-state index contributed by atoms with van der Waals surface area (Å²) in [6, 6.07) is 2.33. The zero-order chi connectivity index (χ0) is 15.3. The summed E-state index contributed by atoms with van der Waals surface area (Å²) >= 11 is 1.36. The fourth-order valence-electron chi connectivity index (χ4n) is 1.69. The second-order valence-electron chi connectivity index (χ2n) is 4.39. The van der Waals surface area contributed by atoms with Crippen molar-refractivity contribution in [2.75, 3.05) is 13.1 Å². The van der Waals surface area contributed by atoms with Gasteiger partial charge in [-0.3, -0.25) is 4.98 Å². The van der Waals surface area contributed by atoms with Crippen LogP contribution in [-0.2, 0) is 12.6 Å². The number of alkyl halides is 3. The highest BCUT2D eigenvalue weighted by Gasteiger charge is 2.30. The average molecular weight is 316 g/mol. The van der Waals surface area contributed by atoms with E-state index in [1.54, 1.807) is 0 Å². The van der Waals surface area contributed by atoms with E-state index in [1.165, 1.54) is 17.4 Å². The molecule has 2 aromatic heterocycles. The minimum Gasteiger partial charge on any atom is -0.317 e. The van der Waals surface area contributed by atoms with Crippen molar-refractivity contribution in [1.29, 1.82) is 0 Å². The van der Waals surface area contributed by atoms with Gasteiger partial charge in [0.05, 0.1) is 5.56 Å². The van der Waals surface area contributed by atoms with Crippen LogP contribution in [0.25, 0.3) is 10.7 Å². The van der Waals surface area contributed by atoms with E-state index in [-0.39, 0.29) is 0 Å². The fourth-order valence-corrected chi connectivity index (χ4v) is 2.55. The molecular formula is C13H15F3N4S. The molecule has 21 heavy (non-hydrogen) atoms. The number of pyridine rings is 1. The van der Waals surface area contributed by atoms with Crippen molar-refractivity contribution in [2.24, 2.45) is 0 Å². The quantitative estimate of drug-likeness (QED) is 0.832. The van der Waals surface area contributed by atoms with Crippen molar-refractivity contribution in [3.63, 3.8) is 0 Å². The average Bonchev–Trinajstić information content (AvgIpc) is 2.92. The molecule has 0 saturated carbocycles. The summed E-state index contributed by atoms with van der Waals surface area (Å²) in [4.78, 5) is 3.81.